The Morgan fingerprint density at radius 3 is 1.83 bits per heavy atom. The molecular formula is C16H10Cl4N2O4S3. The zero-order valence-corrected chi connectivity index (χ0v) is 19.5. The van der Waals surface area contributed by atoms with Crippen LogP contribution in [0.25, 0.3) is 0 Å². The Morgan fingerprint density at radius 2 is 1.31 bits per heavy atom. The molecule has 0 spiro atoms. The molecule has 1 aromatic heterocycles. The molecule has 0 saturated heterocycles. The van der Waals surface area contributed by atoms with Gasteiger partial charge in [0.2, 0.25) is 0 Å². The van der Waals surface area contributed by atoms with Crippen molar-refractivity contribution in [3.8, 4) is 0 Å². The number of rotatable bonds is 6. The smallest absolute Gasteiger partial charge is 0.271 e. The van der Waals surface area contributed by atoms with Gasteiger partial charge in [0.25, 0.3) is 20.0 Å². The van der Waals surface area contributed by atoms with Crippen LogP contribution in [0.15, 0.2) is 56.9 Å². The molecule has 0 amide bonds. The number of hydrogen-bond donors (Lipinski definition) is 2. The minimum Gasteiger partial charge on any atom is -0.277 e. The molecular weight excluding hydrogens is 522 g/mol. The lowest BCUT2D eigenvalue weighted by Crippen LogP contribution is -2.17. The van der Waals surface area contributed by atoms with Crippen LogP contribution in [-0.2, 0) is 20.0 Å². The monoisotopic (exact) mass is 530 g/mol. The highest BCUT2D eigenvalue weighted by atomic mass is 35.5. The van der Waals surface area contributed by atoms with E-state index in [-0.39, 0.29) is 40.6 Å². The third-order valence-corrected chi connectivity index (χ3v) is 9.06. The van der Waals surface area contributed by atoms with Gasteiger partial charge >= 0.3 is 0 Å². The van der Waals surface area contributed by atoms with E-state index in [4.69, 9.17) is 46.4 Å². The summed E-state index contributed by atoms with van der Waals surface area (Å²) >= 11 is 24.8. The normalized spacial score (nSPS) is 12.0. The van der Waals surface area contributed by atoms with Gasteiger partial charge in [-0.2, -0.15) is 0 Å². The van der Waals surface area contributed by atoms with Crippen molar-refractivity contribution in [3.05, 3.63) is 67.9 Å². The lowest BCUT2D eigenvalue weighted by Gasteiger charge is -2.16. The van der Waals surface area contributed by atoms with E-state index in [1.54, 1.807) is 11.4 Å². The molecule has 2 aromatic carbocycles. The summed E-state index contributed by atoms with van der Waals surface area (Å²) in [7, 11) is -8.16. The van der Waals surface area contributed by atoms with Crippen LogP contribution in [0, 0.1) is 0 Å². The van der Waals surface area contributed by atoms with E-state index in [1.807, 2.05) is 0 Å². The molecule has 6 nitrogen and oxygen atoms in total. The van der Waals surface area contributed by atoms with Gasteiger partial charge < -0.3 is 0 Å². The molecule has 0 fully saturated rings. The third kappa shape index (κ3) is 5.11. The van der Waals surface area contributed by atoms with Gasteiger partial charge in [-0.1, -0.05) is 52.5 Å². The molecule has 2 N–H and O–H groups in total. The Labute approximate surface area is 191 Å². The second kappa shape index (κ2) is 8.50. The Kier molecular flexibility index (Phi) is 6.59. The van der Waals surface area contributed by atoms with Gasteiger partial charge in [0.1, 0.15) is 9.10 Å². The predicted octanol–water partition coefficient (Wildman–Crippen LogP) is 5.96. The van der Waals surface area contributed by atoms with E-state index >= 15 is 0 Å². The molecule has 154 valence electrons. The van der Waals surface area contributed by atoms with Gasteiger partial charge in [-0.05, 0) is 41.8 Å². The molecule has 0 aliphatic carbocycles. The van der Waals surface area contributed by atoms with Crippen molar-refractivity contribution in [1.82, 2.24) is 0 Å². The fourth-order valence-electron chi connectivity index (χ4n) is 2.22. The predicted molar refractivity (Wildman–Crippen MR) is 119 cm³/mol. The van der Waals surface area contributed by atoms with Crippen LogP contribution in [0.3, 0.4) is 0 Å². The quantitative estimate of drug-likeness (QED) is 0.410. The fourth-order valence-corrected chi connectivity index (χ4v) is 6.46. The van der Waals surface area contributed by atoms with E-state index in [0.717, 1.165) is 11.3 Å². The van der Waals surface area contributed by atoms with Crippen LogP contribution in [0.4, 0.5) is 11.4 Å². The van der Waals surface area contributed by atoms with Gasteiger partial charge in [-0.25, -0.2) is 16.8 Å². The van der Waals surface area contributed by atoms with Crippen molar-refractivity contribution in [2.75, 3.05) is 9.44 Å². The molecule has 1 heterocycles. The number of thiophene rings is 1. The summed E-state index contributed by atoms with van der Waals surface area (Å²) in [6.07, 6.45) is 0. The van der Waals surface area contributed by atoms with E-state index in [9.17, 15) is 16.8 Å². The van der Waals surface area contributed by atoms with Crippen molar-refractivity contribution in [1.29, 1.82) is 0 Å². The van der Waals surface area contributed by atoms with Crippen molar-refractivity contribution in [2.24, 2.45) is 0 Å². The lowest BCUT2D eigenvalue weighted by molar-refractivity contribution is 0.599. The molecule has 0 radical (unpaired) electrons. The summed E-state index contributed by atoms with van der Waals surface area (Å²) in [6.45, 7) is 0. The SMILES string of the molecule is O=S(=O)(Nc1cc(Cl)c(Cl)cc1NS(=O)(=O)c1ccc(Cl)cc1Cl)c1cccs1. The number of anilines is 2. The summed E-state index contributed by atoms with van der Waals surface area (Å²) < 4.78 is 55.3. The summed E-state index contributed by atoms with van der Waals surface area (Å²) in [5, 5.41) is 1.79. The molecule has 29 heavy (non-hydrogen) atoms. The van der Waals surface area contributed by atoms with E-state index < -0.39 is 20.0 Å². The second-order valence-electron chi connectivity index (χ2n) is 5.53. The van der Waals surface area contributed by atoms with Crippen LogP contribution in [0.2, 0.25) is 20.1 Å². The van der Waals surface area contributed by atoms with Gasteiger partial charge in [-0.15, -0.1) is 11.3 Å². The first-order valence-electron chi connectivity index (χ1n) is 7.53. The minimum atomic E-state index is -4.20. The maximum atomic E-state index is 12.8. The molecule has 3 rings (SSSR count). The van der Waals surface area contributed by atoms with E-state index in [0.29, 0.717) is 0 Å². The van der Waals surface area contributed by atoms with E-state index in [1.165, 1.54) is 36.4 Å². The first-order valence-corrected chi connectivity index (χ1v) is 12.9. The highest BCUT2D eigenvalue weighted by Gasteiger charge is 2.23. The second-order valence-corrected chi connectivity index (χ2v) is 11.7. The number of sulfonamides is 2. The van der Waals surface area contributed by atoms with Crippen LogP contribution >= 0.6 is 57.7 Å². The first kappa shape index (κ1) is 22.5. The van der Waals surface area contributed by atoms with Crippen LogP contribution < -0.4 is 9.44 Å². The third-order valence-electron chi connectivity index (χ3n) is 3.49. The maximum absolute atomic E-state index is 12.8. The van der Waals surface area contributed by atoms with Crippen LogP contribution in [-0.4, -0.2) is 16.8 Å². The molecule has 0 saturated carbocycles. The molecule has 13 heteroatoms. The molecule has 0 aliphatic heterocycles. The Bertz CT molecular complexity index is 1280. The lowest BCUT2D eigenvalue weighted by atomic mass is 10.3. The van der Waals surface area contributed by atoms with Crippen molar-refractivity contribution in [2.45, 2.75) is 9.10 Å². The van der Waals surface area contributed by atoms with Gasteiger partial charge in [0.15, 0.2) is 0 Å². The average Bonchev–Trinajstić information content (AvgIpc) is 3.14. The number of hydrogen-bond acceptors (Lipinski definition) is 5. The van der Waals surface area contributed by atoms with Crippen LogP contribution in [0.5, 0.6) is 0 Å². The summed E-state index contributed by atoms with van der Waals surface area (Å²) in [5.41, 5.74) is -0.244. The van der Waals surface area contributed by atoms with Crippen LogP contribution in [0.1, 0.15) is 0 Å². The number of halogens is 4. The molecule has 0 unspecified atom stereocenters. The molecule has 0 aliphatic rings. The molecule has 0 bridgehead atoms. The summed E-state index contributed by atoms with van der Waals surface area (Å²) in [4.78, 5) is -0.248. The van der Waals surface area contributed by atoms with E-state index in [2.05, 4.69) is 9.44 Å². The van der Waals surface area contributed by atoms with Gasteiger partial charge in [0, 0.05) is 5.02 Å². The number of nitrogens with one attached hydrogen (secondary N) is 2. The Hall–Kier alpha value is -1.20. The topological polar surface area (TPSA) is 92.3 Å². The zero-order chi connectivity index (χ0) is 21.4. The van der Waals surface area contributed by atoms with Gasteiger partial charge in [0.05, 0.1) is 26.4 Å². The Balaban J connectivity index is 2.04. The maximum Gasteiger partial charge on any atom is 0.271 e. The average molecular weight is 532 g/mol. The zero-order valence-electron chi connectivity index (χ0n) is 14.0. The first-order chi connectivity index (χ1) is 13.5. The summed E-state index contributed by atoms with van der Waals surface area (Å²) in [5.74, 6) is 0. The summed E-state index contributed by atoms with van der Waals surface area (Å²) in [6, 6.07) is 9.22. The van der Waals surface area contributed by atoms with Crippen molar-refractivity contribution >= 4 is 89.2 Å². The minimum absolute atomic E-state index is 0.0191. The van der Waals surface area contributed by atoms with Gasteiger partial charge in [-0.3, -0.25) is 9.44 Å². The largest absolute Gasteiger partial charge is 0.277 e. The van der Waals surface area contributed by atoms with Crippen molar-refractivity contribution < 1.29 is 16.8 Å². The Morgan fingerprint density at radius 1 is 0.724 bits per heavy atom. The molecule has 3 aromatic rings. The molecule has 0 atom stereocenters. The highest BCUT2D eigenvalue weighted by molar-refractivity contribution is 7.94. The standard InChI is InChI=1S/C16H10Cl4N2O4S3/c17-9-3-4-15(12(20)6-9)28(23,24)21-13-7-10(18)11(19)8-14(13)22-29(25,26)16-2-1-5-27-16/h1-8,21-22H. The van der Waals surface area contributed by atoms with Crippen molar-refractivity contribution in [3.63, 3.8) is 0 Å². The fraction of sp³-hybridized carbons (Fsp3) is 0. The number of benzene rings is 2. The highest BCUT2D eigenvalue weighted by Crippen LogP contribution is 2.36.